The number of halogens is 10. The van der Waals surface area contributed by atoms with Crippen LogP contribution in [0, 0.1) is 29.5 Å². The molecule has 1 aromatic carbocycles. The van der Waals surface area contributed by atoms with E-state index >= 15 is 0 Å². The zero-order valence-corrected chi connectivity index (χ0v) is 27.6. The molecule has 0 saturated heterocycles. The summed E-state index contributed by atoms with van der Waals surface area (Å²) in [7, 11) is 0. The molecule has 0 spiro atoms. The summed E-state index contributed by atoms with van der Waals surface area (Å²) in [6, 6.07) is 6.56. The molecule has 5 rings (SSSR count). The molecule has 0 radical (unpaired) electrons. The Balaban J connectivity index is 0.000000393. The van der Waals surface area contributed by atoms with E-state index in [1.807, 2.05) is 6.07 Å². The summed E-state index contributed by atoms with van der Waals surface area (Å²) in [5, 5.41) is 24.7. The standard InChI is InChI=1S/C27H27FN4O.3C2HF3O2/c1-16-10-19(13-20(29)11-16)21-8-9-30-15-25(21)32-27(33)22-6-7-24(28)23-12-18(14-31-26(22)23)5-4-17-2-3-17;3*3-2(4,5)1(6)7/h6-9,12,14-17,19-20H,2-3,10-11,13,29H2,1H3,(H,32,33);3*(H,6,7)/t16-,19+,20-;;;/m0.../s1. The van der Waals surface area contributed by atoms with E-state index in [2.05, 4.69) is 34.0 Å². The Labute approximate surface area is 298 Å². The zero-order chi connectivity index (χ0) is 41.2. The van der Waals surface area contributed by atoms with Crippen molar-refractivity contribution < 1.29 is 78.4 Å². The first-order valence-corrected chi connectivity index (χ1v) is 15.3. The predicted octanol–water partition coefficient (Wildman–Crippen LogP) is 6.91. The van der Waals surface area contributed by atoms with Crippen molar-refractivity contribution >= 4 is 40.4 Å². The summed E-state index contributed by atoms with van der Waals surface area (Å²) in [5.41, 5.74) is 9.27. The number of rotatable bonds is 3. The average Bonchev–Trinajstić information content (AvgIpc) is 3.88. The van der Waals surface area contributed by atoms with E-state index in [1.165, 1.54) is 12.1 Å². The van der Waals surface area contributed by atoms with Crippen molar-refractivity contribution in [2.24, 2.45) is 17.6 Å². The Bertz CT molecular complexity index is 1820. The Kier molecular flexibility index (Phi) is 15.3. The largest absolute Gasteiger partial charge is 0.490 e. The van der Waals surface area contributed by atoms with Crippen molar-refractivity contribution in [3.05, 3.63) is 65.4 Å². The number of hydrogen-bond donors (Lipinski definition) is 5. The van der Waals surface area contributed by atoms with Gasteiger partial charge in [-0.2, -0.15) is 39.5 Å². The minimum Gasteiger partial charge on any atom is -0.475 e. The molecule has 3 aromatic rings. The number of carbonyl (C=O) groups is 4. The quantitative estimate of drug-likeness (QED) is 0.138. The van der Waals surface area contributed by atoms with Crippen LogP contribution < -0.4 is 11.1 Å². The van der Waals surface area contributed by atoms with Crippen molar-refractivity contribution in [1.29, 1.82) is 0 Å². The number of carboxylic acid groups (broad SMARTS) is 3. The number of aliphatic carboxylic acids is 3. The van der Waals surface area contributed by atoms with E-state index in [0.717, 1.165) is 37.7 Å². The number of carboxylic acids is 3. The molecular weight excluding hydrogens is 754 g/mol. The maximum absolute atomic E-state index is 14.6. The second-order valence-corrected chi connectivity index (χ2v) is 11.9. The summed E-state index contributed by atoms with van der Waals surface area (Å²) >= 11 is 0. The van der Waals surface area contributed by atoms with Crippen molar-refractivity contribution in [3.63, 3.8) is 0 Å². The van der Waals surface area contributed by atoms with Crippen LogP contribution in [0.25, 0.3) is 10.9 Å². The maximum Gasteiger partial charge on any atom is 0.490 e. The lowest BCUT2D eigenvalue weighted by molar-refractivity contribution is -0.193. The number of nitrogens with one attached hydrogen (secondary N) is 1. The Morgan fingerprint density at radius 3 is 1.85 bits per heavy atom. The second kappa shape index (κ2) is 18.5. The molecule has 2 heterocycles. The van der Waals surface area contributed by atoms with E-state index in [9.17, 15) is 48.7 Å². The van der Waals surface area contributed by atoms with Gasteiger partial charge in [-0.15, -0.1) is 0 Å². The molecule has 21 heteroatoms. The molecule has 3 atom stereocenters. The lowest BCUT2D eigenvalue weighted by Gasteiger charge is -2.32. The van der Waals surface area contributed by atoms with E-state index in [1.54, 1.807) is 24.7 Å². The van der Waals surface area contributed by atoms with Crippen molar-refractivity contribution in [2.75, 3.05) is 5.32 Å². The summed E-state index contributed by atoms with van der Waals surface area (Å²) in [4.78, 5) is 48.6. The number of anilines is 1. The first-order valence-electron chi connectivity index (χ1n) is 15.3. The van der Waals surface area contributed by atoms with Crippen LogP contribution in [0.15, 0.2) is 42.9 Å². The van der Waals surface area contributed by atoms with Crippen LogP contribution in [0.4, 0.5) is 49.6 Å². The van der Waals surface area contributed by atoms with Gasteiger partial charge in [0.25, 0.3) is 5.91 Å². The van der Waals surface area contributed by atoms with E-state index in [4.69, 9.17) is 35.4 Å². The second-order valence-electron chi connectivity index (χ2n) is 11.9. The number of nitrogens with zero attached hydrogens (tertiary/aromatic N) is 2. The summed E-state index contributed by atoms with van der Waals surface area (Å²) < 4.78 is 110. The van der Waals surface area contributed by atoms with E-state index in [-0.39, 0.29) is 17.9 Å². The molecule has 0 unspecified atom stereocenters. The number of aromatic nitrogens is 2. The van der Waals surface area contributed by atoms with Gasteiger partial charge in [-0.1, -0.05) is 18.8 Å². The van der Waals surface area contributed by atoms with Gasteiger partial charge in [-0.25, -0.2) is 18.8 Å². The van der Waals surface area contributed by atoms with Gasteiger partial charge in [0.15, 0.2) is 0 Å². The van der Waals surface area contributed by atoms with Gasteiger partial charge in [-0.05, 0) is 73.8 Å². The molecule has 2 aliphatic carbocycles. The first kappa shape index (κ1) is 44.6. The zero-order valence-electron chi connectivity index (χ0n) is 27.6. The molecule has 2 aliphatic rings. The van der Waals surface area contributed by atoms with Gasteiger partial charge in [0.05, 0.1) is 23.0 Å². The van der Waals surface area contributed by atoms with Crippen LogP contribution in [0.1, 0.15) is 66.4 Å². The summed E-state index contributed by atoms with van der Waals surface area (Å²) in [6.45, 7) is 2.21. The Morgan fingerprint density at radius 1 is 0.833 bits per heavy atom. The molecule has 11 nitrogen and oxygen atoms in total. The smallest absolute Gasteiger partial charge is 0.475 e. The number of hydrogen-bond acceptors (Lipinski definition) is 7. The number of pyridine rings is 2. The molecule has 294 valence electrons. The van der Waals surface area contributed by atoms with Gasteiger partial charge in [0.1, 0.15) is 5.82 Å². The van der Waals surface area contributed by atoms with Crippen LogP contribution in [-0.2, 0) is 14.4 Å². The van der Waals surface area contributed by atoms with Gasteiger partial charge < -0.3 is 26.4 Å². The highest BCUT2D eigenvalue weighted by Crippen LogP contribution is 2.38. The normalized spacial score (nSPS) is 18.1. The third-order valence-electron chi connectivity index (χ3n) is 7.29. The molecule has 54 heavy (non-hydrogen) atoms. The number of amides is 1. The third kappa shape index (κ3) is 14.5. The highest BCUT2D eigenvalue weighted by atomic mass is 19.4. The van der Waals surface area contributed by atoms with Crippen LogP contribution in [-0.4, -0.2) is 73.7 Å². The Morgan fingerprint density at radius 2 is 1.37 bits per heavy atom. The SMILES string of the molecule is C[C@@H]1C[C@H](N)C[C@H](c2ccncc2NC(=O)c2ccc(F)c3cc(C#CC4CC4)cnc23)C1.O=C(O)C(F)(F)F.O=C(O)C(F)(F)F.O=C(O)C(F)(F)F. The molecular formula is C33H30F10N4O7. The number of fused-ring (bicyclic) bond motifs is 1. The molecule has 2 saturated carbocycles. The van der Waals surface area contributed by atoms with Crippen LogP contribution in [0.5, 0.6) is 0 Å². The Hall–Kier alpha value is -5.52. The molecule has 2 aromatic heterocycles. The lowest BCUT2D eigenvalue weighted by atomic mass is 9.76. The fraction of sp³-hybridized carbons (Fsp3) is 0.394. The number of nitrogens with two attached hydrogens (primary N) is 1. The van der Waals surface area contributed by atoms with Crippen LogP contribution in [0.3, 0.4) is 0 Å². The molecule has 0 aliphatic heterocycles. The summed E-state index contributed by atoms with van der Waals surface area (Å²) in [5.74, 6) is -1.57. The van der Waals surface area contributed by atoms with Crippen LogP contribution in [0.2, 0.25) is 0 Å². The number of carbonyl (C=O) groups excluding carboxylic acids is 1. The fourth-order valence-electron chi connectivity index (χ4n) is 4.82. The third-order valence-corrected chi connectivity index (χ3v) is 7.29. The van der Waals surface area contributed by atoms with Crippen molar-refractivity contribution in [3.8, 4) is 11.8 Å². The van der Waals surface area contributed by atoms with Crippen molar-refractivity contribution in [2.45, 2.75) is 69.5 Å². The minimum atomic E-state index is -5.08. The lowest BCUT2D eigenvalue weighted by Crippen LogP contribution is -2.31. The number of benzene rings is 1. The highest BCUT2D eigenvalue weighted by molar-refractivity contribution is 6.12. The van der Waals surface area contributed by atoms with Crippen LogP contribution >= 0.6 is 0 Å². The summed E-state index contributed by atoms with van der Waals surface area (Å²) in [6.07, 6.45) is -5.08. The minimum absolute atomic E-state index is 0.151. The molecule has 2 fully saturated rings. The van der Waals surface area contributed by atoms with Gasteiger partial charge in [-0.3, -0.25) is 14.8 Å². The molecule has 1 amide bonds. The fourth-order valence-corrected chi connectivity index (χ4v) is 4.82. The van der Waals surface area contributed by atoms with Gasteiger partial charge >= 0.3 is 36.4 Å². The number of alkyl halides is 9. The molecule has 0 bridgehead atoms. The maximum atomic E-state index is 14.6. The topological polar surface area (TPSA) is 193 Å². The predicted molar refractivity (Wildman–Crippen MR) is 168 cm³/mol. The average molecular weight is 785 g/mol. The van der Waals surface area contributed by atoms with Gasteiger partial charge in [0, 0.05) is 35.3 Å². The molecule has 6 N–H and O–H groups in total. The first-order chi connectivity index (χ1) is 24.8. The van der Waals surface area contributed by atoms with Crippen molar-refractivity contribution in [1.82, 2.24) is 9.97 Å². The van der Waals surface area contributed by atoms with E-state index in [0.29, 0.717) is 39.6 Å². The van der Waals surface area contributed by atoms with E-state index < -0.39 is 42.3 Å². The van der Waals surface area contributed by atoms with Gasteiger partial charge in [0.2, 0.25) is 0 Å². The highest BCUT2D eigenvalue weighted by Gasteiger charge is 2.39. The monoisotopic (exact) mass is 784 g/mol.